The number of methoxy groups -OCH3 is 1. The number of hydrogen-bond acceptors (Lipinski definition) is 4. The molecule has 2 aromatic carbocycles. The topological polar surface area (TPSA) is 59.9 Å². The summed E-state index contributed by atoms with van der Waals surface area (Å²) in [6.45, 7) is 1.60. The van der Waals surface area contributed by atoms with Crippen LogP contribution in [0.1, 0.15) is 12.5 Å². The molecule has 0 saturated heterocycles. The quantitative estimate of drug-likeness (QED) is 0.622. The molecule has 0 heterocycles. The second-order valence-electron chi connectivity index (χ2n) is 4.84. The third-order valence-corrected chi connectivity index (χ3v) is 3.60. The zero-order valence-corrected chi connectivity index (χ0v) is 14.6. The molecule has 0 aliphatic carbocycles. The Morgan fingerprint density at radius 1 is 1.21 bits per heavy atom. The number of hydrazone groups is 1. The van der Waals surface area contributed by atoms with E-state index < -0.39 is 12.0 Å². The van der Waals surface area contributed by atoms with Crippen LogP contribution in [0.3, 0.4) is 0 Å². The van der Waals surface area contributed by atoms with E-state index in [-0.39, 0.29) is 0 Å². The number of amides is 1. The Morgan fingerprint density at radius 2 is 1.92 bits per heavy atom. The van der Waals surface area contributed by atoms with Gasteiger partial charge < -0.3 is 9.47 Å². The van der Waals surface area contributed by atoms with Gasteiger partial charge in [0.1, 0.15) is 11.5 Å². The van der Waals surface area contributed by atoms with Crippen LogP contribution in [0.2, 0.25) is 10.0 Å². The van der Waals surface area contributed by atoms with Crippen LogP contribution in [0.15, 0.2) is 47.6 Å². The van der Waals surface area contributed by atoms with E-state index in [0.717, 1.165) is 11.3 Å². The molecule has 1 atom stereocenters. The lowest BCUT2D eigenvalue weighted by Gasteiger charge is -2.14. The van der Waals surface area contributed by atoms with E-state index >= 15 is 0 Å². The Bertz CT molecular complexity index is 733. The Labute approximate surface area is 150 Å². The maximum atomic E-state index is 12.0. The molecule has 24 heavy (non-hydrogen) atoms. The lowest BCUT2D eigenvalue weighted by atomic mass is 10.2. The van der Waals surface area contributed by atoms with Gasteiger partial charge in [0.15, 0.2) is 6.10 Å². The second kappa shape index (κ2) is 8.57. The molecular weight excluding hydrogens is 351 g/mol. The predicted molar refractivity (Wildman–Crippen MR) is 95.3 cm³/mol. The molecule has 2 aromatic rings. The molecule has 0 aliphatic rings. The van der Waals surface area contributed by atoms with E-state index in [9.17, 15) is 4.79 Å². The van der Waals surface area contributed by atoms with Gasteiger partial charge in [0.2, 0.25) is 0 Å². The van der Waals surface area contributed by atoms with E-state index in [4.69, 9.17) is 32.7 Å². The maximum absolute atomic E-state index is 12.0. The molecule has 126 valence electrons. The fourth-order valence-electron chi connectivity index (χ4n) is 1.77. The Hall–Kier alpha value is -2.24. The van der Waals surface area contributed by atoms with Crippen LogP contribution in [0, 0.1) is 0 Å². The van der Waals surface area contributed by atoms with Gasteiger partial charge in [-0.25, -0.2) is 5.43 Å². The maximum Gasteiger partial charge on any atom is 0.280 e. The van der Waals surface area contributed by atoms with Crippen LogP contribution in [-0.4, -0.2) is 25.3 Å². The van der Waals surface area contributed by atoms with Gasteiger partial charge in [0.05, 0.1) is 18.3 Å². The first-order valence-corrected chi connectivity index (χ1v) is 7.84. The highest BCUT2D eigenvalue weighted by Crippen LogP contribution is 2.28. The third-order valence-electron chi connectivity index (χ3n) is 3.07. The summed E-state index contributed by atoms with van der Waals surface area (Å²) in [5.41, 5.74) is 3.24. The standard InChI is InChI=1S/C17H16Cl2N2O3/c1-11(24-16-8-5-13(18)9-15(16)19)17(22)21-20-10-12-3-6-14(23-2)7-4-12/h3-11H,1-2H3,(H,21,22)/b20-10+. The lowest BCUT2D eigenvalue weighted by molar-refractivity contribution is -0.127. The number of hydrogen-bond donors (Lipinski definition) is 1. The fourth-order valence-corrected chi connectivity index (χ4v) is 2.22. The minimum atomic E-state index is -0.767. The summed E-state index contributed by atoms with van der Waals surface area (Å²) in [5.74, 6) is 0.728. The average Bonchev–Trinajstić information content (AvgIpc) is 2.57. The van der Waals surface area contributed by atoms with Gasteiger partial charge in [-0.2, -0.15) is 5.10 Å². The van der Waals surface area contributed by atoms with Gasteiger partial charge >= 0.3 is 0 Å². The zero-order valence-electron chi connectivity index (χ0n) is 13.1. The number of carbonyl (C=O) groups excluding carboxylic acids is 1. The summed E-state index contributed by atoms with van der Waals surface area (Å²) in [5, 5.41) is 4.73. The van der Waals surface area contributed by atoms with Crippen LogP contribution in [0.4, 0.5) is 0 Å². The third kappa shape index (κ3) is 5.15. The minimum absolute atomic E-state index is 0.337. The van der Waals surface area contributed by atoms with Crippen molar-refractivity contribution in [1.29, 1.82) is 0 Å². The molecule has 0 saturated carbocycles. The summed E-state index contributed by atoms with van der Waals surface area (Å²) in [6, 6.07) is 12.0. The highest BCUT2D eigenvalue weighted by Gasteiger charge is 2.15. The number of nitrogens with zero attached hydrogens (tertiary/aromatic N) is 1. The molecule has 0 radical (unpaired) electrons. The molecule has 0 spiro atoms. The summed E-state index contributed by atoms with van der Waals surface area (Å²) in [7, 11) is 1.59. The number of nitrogens with one attached hydrogen (secondary N) is 1. The first-order valence-electron chi connectivity index (χ1n) is 7.08. The van der Waals surface area contributed by atoms with Crippen molar-refractivity contribution in [2.45, 2.75) is 13.0 Å². The molecule has 1 unspecified atom stereocenters. The number of ether oxygens (including phenoxy) is 2. The number of benzene rings is 2. The van der Waals surface area contributed by atoms with Crippen molar-refractivity contribution in [1.82, 2.24) is 5.43 Å². The van der Waals surface area contributed by atoms with Gasteiger partial charge in [-0.1, -0.05) is 23.2 Å². The molecule has 5 nitrogen and oxygen atoms in total. The van der Waals surface area contributed by atoms with Crippen molar-refractivity contribution in [3.63, 3.8) is 0 Å². The van der Waals surface area contributed by atoms with Crippen molar-refractivity contribution >= 4 is 35.3 Å². The van der Waals surface area contributed by atoms with E-state index in [0.29, 0.717) is 15.8 Å². The van der Waals surface area contributed by atoms with Gasteiger partial charge in [0.25, 0.3) is 5.91 Å². The first-order chi connectivity index (χ1) is 11.5. The molecule has 2 rings (SSSR count). The van der Waals surface area contributed by atoms with Gasteiger partial charge in [-0.15, -0.1) is 0 Å². The SMILES string of the molecule is COc1ccc(/C=N/NC(=O)C(C)Oc2ccc(Cl)cc2Cl)cc1. The number of rotatable bonds is 6. The summed E-state index contributed by atoms with van der Waals surface area (Å²) >= 11 is 11.8. The smallest absolute Gasteiger partial charge is 0.280 e. The average molecular weight is 367 g/mol. The second-order valence-corrected chi connectivity index (χ2v) is 5.69. The van der Waals surface area contributed by atoms with Crippen LogP contribution in [0.25, 0.3) is 0 Å². The van der Waals surface area contributed by atoms with Crippen molar-refractivity contribution in [2.24, 2.45) is 5.10 Å². The molecule has 0 aliphatic heterocycles. The predicted octanol–water partition coefficient (Wildman–Crippen LogP) is 3.92. The highest BCUT2D eigenvalue weighted by atomic mass is 35.5. The van der Waals surface area contributed by atoms with Crippen LogP contribution >= 0.6 is 23.2 Å². The Morgan fingerprint density at radius 3 is 2.54 bits per heavy atom. The summed E-state index contributed by atoms with van der Waals surface area (Å²) < 4.78 is 10.6. The molecule has 0 bridgehead atoms. The summed E-state index contributed by atoms with van der Waals surface area (Å²) in [6.07, 6.45) is 0.760. The molecule has 1 amide bonds. The van der Waals surface area contributed by atoms with E-state index in [1.165, 1.54) is 6.21 Å². The largest absolute Gasteiger partial charge is 0.497 e. The number of carbonyl (C=O) groups is 1. The Balaban J connectivity index is 1.89. The number of halogens is 2. The van der Waals surface area contributed by atoms with Crippen molar-refractivity contribution in [3.05, 3.63) is 58.1 Å². The molecule has 0 fully saturated rings. The van der Waals surface area contributed by atoms with Crippen LogP contribution < -0.4 is 14.9 Å². The minimum Gasteiger partial charge on any atom is -0.497 e. The molecule has 0 aromatic heterocycles. The van der Waals surface area contributed by atoms with Crippen molar-refractivity contribution in [3.8, 4) is 11.5 Å². The fraction of sp³-hybridized carbons (Fsp3) is 0.176. The molecular formula is C17H16Cl2N2O3. The lowest BCUT2D eigenvalue weighted by Crippen LogP contribution is -2.33. The molecule has 7 heteroatoms. The van der Waals surface area contributed by atoms with E-state index in [1.54, 1.807) is 44.4 Å². The first kappa shape index (κ1) is 18.1. The molecule has 1 N–H and O–H groups in total. The van der Waals surface area contributed by atoms with Crippen LogP contribution in [-0.2, 0) is 4.79 Å². The van der Waals surface area contributed by atoms with E-state index in [2.05, 4.69) is 10.5 Å². The van der Waals surface area contributed by atoms with Gasteiger partial charge in [0, 0.05) is 5.02 Å². The normalized spacial score (nSPS) is 12.0. The zero-order chi connectivity index (χ0) is 17.5. The van der Waals surface area contributed by atoms with Crippen LogP contribution in [0.5, 0.6) is 11.5 Å². The van der Waals surface area contributed by atoms with Gasteiger partial charge in [-0.05, 0) is 55.0 Å². The van der Waals surface area contributed by atoms with Crippen molar-refractivity contribution in [2.75, 3.05) is 7.11 Å². The van der Waals surface area contributed by atoms with Crippen molar-refractivity contribution < 1.29 is 14.3 Å². The highest BCUT2D eigenvalue weighted by molar-refractivity contribution is 6.35. The monoisotopic (exact) mass is 366 g/mol. The van der Waals surface area contributed by atoms with Gasteiger partial charge in [-0.3, -0.25) is 4.79 Å². The summed E-state index contributed by atoms with van der Waals surface area (Å²) in [4.78, 5) is 12.0. The van der Waals surface area contributed by atoms with E-state index in [1.807, 2.05) is 12.1 Å². The Kier molecular flexibility index (Phi) is 6.46.